The van der Waals surface area contributed by atoms with Crippen LogP contribution in [0.4, 0.5) is 4.79 Å². The molecule has 2 amide bonds. The third-order valence-corrected chi connectivity index (χ3v) is 1.41. The fourth-order valence-corrected chi connectivity index (χ4v) is 0.874. The highest BCUT2D eigenvalue weighted by Gasteiger charge is 2.33. The van der Waals surface area contributed by atoms with Crippen LogP contribution in [0.5, 0.6) is 0 Å². The van der Waals surface area contributed by atoms with Gasteiger partial charge in [0, 0.05) is 0 Å². The highest BCUT2D eigenvalue weighted by Crippen LogP contribution is 1.99. The molecule has 0 radical (unpaired) electrons. The van der Waals surface area contributed by atoms with Gasteiger partial charge in [-0.25, -0.2) is 9.59 Å². The van der Waals surface area contributed by atoms with Crippen LogP contribution in [0.15, 0.2) is 0 Å². The van der Waals surface area contributed by atoms with Gasteiger partial charge in [0.2, 0.25) is 0 Å². The van der Waals surface area contributed by atoms with Crippen LogP contribution < -0.4 is 10.6 Å². The highest BCUT2D eigenvalue weighted by atomic mass is 16.4. The van der Waals surface area contributed by atoms with Crippen molar-refractivity contribution < 1.29 is 14.7 Å². The average Bonchev–Trinajstić information content (AvgIpc) is 2.10. The van der Waals surface area contributed by atoms with E-state index in [1.165, 1.54) is 0 Å². The molecule has 0 aromatic rings. The van der Waals surface area contributed by atoms with Gasteiger partial charge in [-0.2, -0.15) is 0 Å². The van der Waals surface area contributed by atoms with E-state index in [-0.39, 0.29) is 6.04 Å². The molecule has 1 heterocycles. The summed E-state index contributed by atoms with van der Waals surface area (Å²) in [4.78, 5) is 20.8. The second kappa shape index (κ2) is 2.17. The lowest BCUT2D eigenvalue weighted by atomic mass is 10.2. The first-order chi connectivity index (χ1) is 4.61. The van der Waals surface area contributed by atoms with Crippen molar-refractivity contribution in [3.63, 3.8) is 0 Å². The van der Waals surface area contributed by atoms with Gasteiger partial charge in [-0.1, -0.05) is 0 Å². The third-order valence-electron chi connectivity index (χ3n) is 1.41. The van der Waals surface area contributed by atoms with E-state index in [2.05, 4.69) is 10.6 Å². The van der Waals surface area contributed by atoms with Crippen molar-refractivity contribution in [2.24, 2.45) is 0 Å². The Balaban J connectivity index is 2.63. The van der Waals surface area contributed by atoms with Crippen LogP contribution in [-0.4, -0.2) is 29.2 Å². The van der Waals surface area contributed by atoms with E-state index in [0.29, 0.717) is 0 Å². The van der Waals surface area contributed by atoms with E-state index in [0.717, 1.165) is 0 Å². The molecule has 1 aliphatic heterocycles. The largest absolute Gasteiger partial charge is 0.480 e. The van der Waals surface area contributed by atoms with Gasteiger partial charge in [-0.15, -0.1) is 0 Å². The highest BCUT2D eigenvalue weighted by molar-refractivity contribution is 5.87. The van der Waals surface area contributed by atoms with Gasteiger partial charge >= 0.3 is 12.0 Å². The van der Waals surface area contributed by atoms with Gasteiger partial charge in [-0.3, -0.25) is 0 Å². The summed E-state index contributed by atoms with van der Waals surface area (Å²) in [6, 6.07) is -1.53. The summed E-state index contributed by atoms with van der Waals surface area (Å²) in [5.74, 6) is -1.01. The Hall–Kier alpha value is -1.26. The number of rotatable bonds is 1. The SMILES string of the molecule is CC1NC(=O)NC1C(=O)O. The maximum Gasteiger partial charge on any atom is 0.328 e. The Labute approximate surface area is 57.4 Å². The quantitative estimate of drug-likeness (QED) is 0.448. The van der Waals surface area contributed by atoms with Crippen LogP contribution in [-0.2, 0) is 4.79 Å². The molecule has 0 aromatic carbocycles. The minimum absolute atomic E-state index is 0.329. The summed E-state index contributed by atoms with van der Waals surface area (Å²) in [5.41, 5.74) is 0. The zero-order valence-electron chi connectivity index (χ0n) is 5.42. The number of carboxylic acid groups (broad SMARTS) is 1. The molecule has 5 heteroatoms. The predicted octanol–water partition coefficient (Wildman–Crippen LogP) is -0.859. The Kier molecular flexibility index (Phi) is 1.48. The lowest BCUT2D eigenvalue weighted by Gasteiger charge is -2.06. The van der Waals surface area contributed by atoms with Crippen LogP contribution in [0, 0.1) is 0 Å². The van der Waals surface area contributed by atoms with Gasteiger partial charge in [0.25, 0.3) is 0 Å². The first-order valence-electron chi connectivity index (χ1n) is 2.91. The maximum absolute atomic E-state index is 10.5. The minimum Gasteiger partial charge on any atom is -0.480 e. The molecule has 0 aliphatic carbocycles. The molecule has 5 nitrogen and oxygen atoms in total. The fourth-order valence-electron chi connectivity index (χ4n) is 0.874. The number of hydrogen-bond acceptors (Lipinski definition) is 2. The summed E-state index contributed by atoms with van der Waals surface area (Å²) in [5, 5.41) is 13.1. The summed E-state index contributed by atoms with van der Waals surface area (Å²) < 4.78 is 0. The number of urea groups is 1. The fraction of sp³-hybridized carbons (Fsp3) is 0.600. The van der Waals surface area contributed by atoms with Gasteiger partial charge in [-0.05, 0) is 6.92 Å². The monoisotopic (exact) mass is 144 g/mol. The molecule has 0 aromatic heterocycles. The number of carbonyl (C=O) groups excluding carboxylic acids is 1. The van der Waals surface area contributed by atoms with Gasteiger partial charge in [0.05, 0.1) is 6.04 Å². The first-order valence-corrected chi connectivity index (χ1v) is 2.91. The summed E-state index contributed by atoms with van der Waals surface area (Å²) in [7, 11) is 0. The van der Waals surface area contributed by atoms with Crippen LogP contribution in [0.2, 0.25) is 0 Å². The first kappa shape index (κ1) is 6.85. The Morgan fingerprint density at radius 2 is 2.20 bits per heavy atom. The molecule has 0 saturated carbocycles. The molecule has 10 heavy (non-hydrogen) atoms. The van der Waals surface area contributed by atoms with E-state index in [1.54, 1.807) is 6.92 Å². The maximum atomic E-state index is 10.5. The van der Waals surface area contributed by atoms with Crippen molar-refractivity contribution >= 4 is 12.0 Å². The van der Waals surface area contributed by atoms with E-state index >= 15 is 0 Å². The minimum atomic E-state index is -1.01. The summed E-state index contributed by atoms with van der Waals surface area (Å²) in [6.45, 7) is 1.64. The number of carboxylic acids is 1. The smallest absolute Gasteiger partial charge is 0.328 e. The summed E-state index contributed by atoms with van der Waals surface area (Å²) in [6.07, 6.45) is 0. The van der Waals surface area contributed by atoms with Crippen molar-refractivity contribution in [1.82, 2.24) is 10.6 Å². The van der Waals surface area contributed by atoms with Crippen molar-refractivity contribution in [1.29, 1.82) is 0 Å². The van der Waals surface area contributed by atoms with Crippen LogP contribution in [0.1, 0.15) is 6.92 Å². The lowest BCUT2D eigenvalue weighted by molar-refractivity contribution is -0.139. The zero-order chi connectivity index (χ0) is 7.72. The molecule has 56 valence electrons. The van der Waals surface area contributed by atoms with Gasteiger partial charge < -0.3 is 15.7 Å². The van der Waals surface area contributed by atoms with E-state index < -0.39 is 18.0 Å². The molecular formula is C5H8N2O3. The molecule has 1 fully saturated rings. The molecule has 1 saturated heterocycles. The third kappa shape index (κ3) is 1.02. The van der Waals surface area contributed by atoms with E-state index in [9.17, 15) is 9.59 Å². The van der Waals surface area contributed by atoms with Gasteiger partial charge in [0.1, 0.15) is 6.04 Å². The van der Waals surface area contributed by atoms with Crippen LogP contribution in [0.25, 0.3) is 0 Å². The number of nitrogens with one attached hydrogen (secondary N) is 2. The molecule has 3 N–H and O–H groups in total. The summed E-state index contributed by atoms with van der Waals surface area (Å²) >= 11 is 0. The standard InChI is InChI=1S/C5H8N2O3/c1-2-3(4(8)9)7-5(10)6-2/h2-3H,1H3,(H,8,9)(H2,6,7,10). The molecule has 1 aliphatic rings. The van der Waals surface area contributed by atoms with Crippen molar-refractivity contribution in [2.75, 3.05) is 0 Å². The number of hydrogen-bond donors (Lipinski definition) is 3. The Morgan fingerprint density at radius 1 is 1.60 bits per heavy atom. The van der Waals surface area contributed by atoms with E-state index in [4.69, 9.17) is 5.11 Å². The molecule has 2 unspecified atom stereocenters. The Morgan fingerprint density at radius 3 is 2.40 bits per heavy atom. The molecule has 1 rings (SSSR count). The van der Waals surface area contributed by atoms with Gasteiger partial charge in [0.15, 0.2) is 0 Å². The van der Waals surface area contributed by atoms with Crippen LogP contribution >= 0.6 is 0 Å². The van der Waals surface area contributed by atoms with E-state index in [1.807, 2.05) is 0 Å². The van der Waals surface area contributed by atoms with Crippen LogP contribution in [0.3, 0.4) is 0 Å². The van der Waals surface area contributed by atoms with Crippen molar-refractivity contribution in [3.05, 3.63) is 0 Å². The molecule has 2 atom stereocenters. The van der Waals surface area contributed by atoms with Crippen molar-refractivity contribution in [3.8, 4) is 0 Å². The molecule has 0 spiro atoms. The predicted molar refractivity (Wildman–Crippen MR) is 32.6 cm³/mol. The average molecular weight is 144 g/mol. The molecule has 0 bridgehead atoms. The topological polar surface area (TPSA) is 78.4 Å². The second-order valence-electron chi connectivity index (χ2n) is 2.22. The zero-order valence-corrected chi connectivity index (χ0v) is 5.42. The lowest BCUT2D eigenvalue weighted by Crippen LogP contribution is -2.38. The number of carbonyl (C=O) groups is 2. The number of aliphatic carboxylic acids is 1. The second-order valence-corrected chi connectivity index (χ2v) is 2.22. The Bertz CT molecular complexity index is 180. The van der Waals surface area contributed by atoms with Crippen molar-refractivity contribution in [2.45, 2.75) is 19.0 Å². The number of amides is 2. The molecular weight excluding hydrogens is 136 g/mol. The normalized spacial score (nSPS) is 31.1.